The maximum atomic E-state index is 13.6. The first-order chi connectivity index (χ1) is 10.1. The molecule has 0 saturated carbocycles. The van der Waals surface area contributed by atoms with E-state index in [1.54, 1.807) is 18.6 Å². The molecule has 0 bridgehead atoms. The van der Waals surface area contributed by atoms with Gasteiger partial charge in [-0.3, -0.25) is 4.79 Å². The molecule has 1 aromatic carbocycles. The van der Waals surface area contributed by atoms with Crippen molar-refractivity contribution in [3.05, 3.63) is 52.5 Å². The van der Waals surface area contributed by atoms with Gasteiger partial charge in [-0.25, -0.2) is 21.9 Å². The Morgan fingerprint density at radius 3 is 2.27 bits per heavy atom. The van der Waals surface area contributed by atoms with Crippen molar-refractivity contribution in [2.45, 2.75) is 25.7 Å². The molecule has 8 heteroatoms. The van der Waals surface area contributed by atoms with Crippen LogP contribution in [0.2, 0.25) is 0 Å². The zero-order chi connectivity index (χ0) is 16.7. The van der Waals surface area contributed by atoms with Gasteiger partial charge in [-0.05, 0) is 32.9 Å². The fraction of sp³-hybridized carbons (Fsp3) is 0.214. The van der Waals surface area contributed by atoms with Gasteiger partial charge in [0.25, 0.3) is 15.9 Å². The molecule has 2 aromatic rings. The van der Waals surface area contributed by atoms with Crippen molar-refractivity contribution in [3.63, 3.8) is 0 Å². The Balaban J connectivity index is 2.38. The second kappa shape index (κ2) is 5.53. The van der Waals surface area contributed by atoms with Crippen LogP contribution in [0, 0.1) is 32.4 Å². The average Bonchev–Trinajstić information content (AvgIpc) is 2.61. The summed E-state index contributed by atoms with van der Waals surface area (Å²) in [6.45, 7) is 4.75. The summed E-state index contributed by atoms with van der Waals surface area (Å²) in [5, 5.41) is 0. The monoisotopic (exact) mass is 329 g/mol. The Labute approximate surface area is 126 Å². The van der Waals surface area contributed by atoms with Crippen molar-refractivity contribution in [2.75, 3.05) is 0 Å². The molecule has 5 nitrogen and oxygen atoms in total. The quantitative estimate of drug-likeness (QED) is 0.939. The number of furan rings is 1. The van der Waals surface area contributed by atoms with E-state index in [1.807, 2.05) is 0 Å². The van der Waals surface area contributed by atoms with E-state index in [0.717, 1.165) is 12.1 Å². The number of nitrogens with one attached hydrogen (secondary N) is 1. The Morgan fingerprint density at radius 1 is 1.14 bits per heavy atom. The van der Waals surface area contributed by atoms with Gasteiger partial charge < -0.3 is 4.42 Å². The van der Waals surface area contributed by atoms with Crippen molar-refractivity contribution >= 4 is 15.9 Å². The number of carbonyl (C=O) groups is 1. The SMILES string of the molecule is Cc1oc(C)c(C(=O)NS(=O)(=O)c2ccc(F)cc2F)c1C. The normalized spacial score (nSPS) is 11.5. The lowest BCUT2D eigenvalue weighted by atomic mass is 10.1. The standard InChI is InChI=1S/C14H13F2NO4S/c1-7-8(2)21-9(3)13(7)14(18)17-22(19,20)12-5-4-10(15)6-11(12)16/h4-6H,1-3H3,(H,17,18). The Bertz CT molecular complexity index is 856. The number of sulfonamides is 1. The van der Waals surface area contributed by atoms with Crippen LogP contribution in [0.1, 0.15) is 27.4 Å². The van der Waals surface area contributed by atoms with Crippen LogP contribution in [-0.4, -0.2) is 14.3 Å². The molecule has 1 aromatic heterocycles. The molecule has 0 atom stereocenters. The molecule has 22 heavy (non-hydrogen) atoms. The Kier molecular flexibility index (Phi) is 4.06. The lowest BCUT2D eigenvalue weighted by Gasteiger charge is -2.08. The fourth-order valence-electron chi connectivity index (χ4n) is 2.05. The minimum Gasteiger partial charge on any atom is -0.466 e. The number of rotatable bonds is 3. The number of benzene rings is 1. The van der Waals surface area contributed by atoms with Crippen LogP contribution in [0.25, 0.3) is 0 Å². The maximum Gasteiger partial charge on any atom is 0.268 e. The molecule has 0 aliphatic rings. The topological polar surface area (TPSA) is 76.4 Å². The third kappa shape index (κ3) is 2.87. The zero-order valence-electron chi connectivity index (χ0n) is 12.0. The lowest BCUT2D eigenvalue weighted by molar-refractivity contribution is 0.0979. The van der Waals surface area contributed by atoms with Crippen molar-refractivity contribution in [1.82, 2.24) is 4.72 Å². The van der Waals surface area contributed by atoms with Gasteiger partial charge >= 0.3 is 0 Å². The van der Waals surface area contributed by atoms with Crippen molar-refractivity contribution in [3.8, 4) is 0 Å². The number of amides is 1. The minimum absolute atomic E-state index is 0.0728. The van der Waals surface area contributed by atoms with Crippen LogP contribution >= 0.6 is 0 Å². The van der Waals surface area contributed by atoms with Gasteiger partial charge in [0.05, 0.1) is 5.56 Å². The molecule has 2 rings (SSSR count). The van der Waals surface area contributed by atoms with E-state index in [2.05, 4.69) is 0 Å². The van der Waals surface area contributed by atoms with Crippen LogP contribution < -0.4 is 4.72 Å². The minimum atomic E-state index is -4.46. The molecule has 0 radical (unpaired) electrons. The molecule has 0 fully saturated rings. The van der Waals surface area contributed by atoms with Gasteiger partial charge in [0, 0.05) is 11.6 Å². The van der Waals surface area contributed by atoms with Crippen LogP contribution in [0.4, 0.5) is 8.78 Å². The first kappa shape index (κ1) is 16.2. The van der Waals surface area contributed by atoms with E-state index in [4.69, 9.17) is 4.42 Å². The predicted octanol–water partition coefficient (Wildman–Crippen LogP) is 2.60. The van der Waals surface area contributed by atoms with Gasteiger partial charge in [0.1, 0.15) is 28.1 Å². The molecule has 1 heterocycles. The zero-order valence-corrected chi connectivity index (χ0v) is 12.8. The van der Waals surface area contributed by atoms with Gasteiger partial charge in [-0.15, -0.1) is 0 Å². The van der Waals surface area contributed by atoms with Crippen LogP contribution in [0.15, 0.2) is 27.5 Å². The molecule has 0 spiro atoms. The van der Waals surface area contributed by atoms with Crippen molar-refractivity contribution < 1.29 is 26.4 Å². The molecule has 1 N–H and O–H groups in total. The lowest BCUT2D eigenvalue weighted by Crippen LogP contribution is -2.31. The molecule has 0 unspecified atom stereocenters. The highest BCUT2D eigenvalue weighted by Gasteiger charge is 2.26. The number of aryl methyl sites for hydroxylation is 2. The summed E-state index contributed by atoms with van der Waals surface area (Å²) in [4.78, 5) is 11.3. The summed E-state index contributed by atoms with van der Waals surface area (Å²) >= 11 is 0. The van der Waals surface area contributed by atoms with Crippen LogP contribution in [0.5, 0.6) is 0 Å². The summed E-state index contributed by atoms with van der Waals surface area (Å²) in [5.74, 6) is -2.40. The molecule has 0 aliphatic heterocycles. The second-order valence-electron chi connectivity index (χ2n) is 4.72. The Morgan fingerprint density at radius 2 is 1.77 bits per heavy atom. The van der Waals surface area contributed by atoms with Gasteiger partial charge in [-0.1, -0.05) is 0 Å². The molecule has 1 amide bonds. The molecular formula is C14H13F2NO4S. The van der Waals surface area contributed by atoms with Gasteiger partial charge in [-0.2, -0.15) is 0 Å². The first-order valence-electron chi connectivity index (χ1n) is 6.22. The third-order valence-corrected chi connectivity index (χ3v) is 4.56. The number of halogens is 2. The first-order valence-corrected chi connectivity index (χ1v) is 7.70. The van der Waals surface area contributed by atoms with E-state index in [9.17, 15) is 22.0 Å². The van der Waals surface area contributed by atoms with E-state index in [-0.39, 0.29) is 11.3 Å². The number of carbonyl (C=O) groups excluding carboxylic acids is 1. The van der Waals surface area contributed by atoms with E-state index < -0.39 is 32.5 Å². The summed E-state index contributed by atoms with van der Waals surface area (Å²) in [7, 11) is -4.46. The highest BCUT2D eigenvalue weighted by Crippen LogP contribution is 2.22. The van der Waals surface area contributed by atoms with Crippen LogP contribution in [-0.2, 0) is 10.0 Å². The van der Waals surface area contributed by atoms with E-state index in [0.29, 0.717) is 17.4 Å². The fourth-order valence-corrected chi connectivity index (χ4v) is 3.07. The largest absolute Gasteiger partial charge is 0.466 e. The molecule has 118 valence electrons. The maximum absolute atomic E-state index is 13.6. The molecule has 0 aliphatic carbocycles. The highest BCUT2D eigenvalue weighted by molar-refractivity contribution is 7.90. The van der Waals surface area contributed by atoms with Gasteiger partial charge in [0.15, 0.2) is 0 Å². The number of hydrogen-bond donors (Lipinski definition) is 1. The van der Waals surface area contributed by atoms with E-state index >= 15 is 0 Å². The predicted molar refractivity (Wildman–Crippen MR) is 73.9 cm³/mol. The third-order valence-electron chi connectivity index (χ3n) is 3.20. The number of hydrogen-bond acceptors (Lipinski definition) is 4. The Hall–Kier alpha value is -2.22. The summed E-state index contributed by atoms with van der Waals surface area (Å²) < 4.78 is 57.5. The van der Waals surface area contributed by atoms with E-state index in [1.165, 1.54) is 6.92 Å². The van der Waals surface area contributed by atoms with Gasteiger partial charge in [0.2, 0.25) is 0 Å². The molecule has 0 saturated heterocycles. The molecular weight excluding hydrogens is 316 g/mol. The smallest absolute Gasteiger partial charge is 0.268 e. The second-order valence-corrected chi connectivity index (χ2v) is 6.37. The summed E-state index contributed by atoms with van der Waals surface area (Å²) in [6.07, 6.45) is 0. The van der Waals surface area contributed by atoms with Crippen molar-refractivity contribution in [2.24, 2.45) is 0 Å². The van der Waals surface area contributed by atoms with Crippen molar-refractivity contribution in [1.29, 1.82) is 0 Å². The highest BCUT2D eigenvalue weighted by atomic mass is 32.2. The summed E-state index contributed by atoms with van der Waals surface area (Å²) in [6, 6.07) is 1.97. The average molecular weight is 329 g/mol. The summed E-state index contributed by atoms with van der Waals surface area (Å²) in [5.41, 5.74) is 0.563. The van der Waals surface area contributed by atoms with Crippen LogP contribution in [0.3, 0.4) is 0 Å².